The molecule has 0 bridgehead atoms. The molecule has 2 heteroatoms. The summed E-state index contributed by atoms with van der Waals surface area (Å²) in [5.41, 5.74) is 2.55. The van der Waals surface area contributed by atoms with E-state index in [1.54, 1.807) is 0 Å². The molecule has 0 saturated carbocycles. The molecule has 0 aliphatic carbocycles. The van der Waals surface area contributed by atoms with Crippen molar-refractivity contribution in [2.24, 2.45) is 0 Å². The van der Waals surface area contributed by atoms with Crippen molar-refractivity contribution in [3.05, 3.63) is 11.8 Å². The molecular weight excluding hydrogens is 174 g/mol. The highest BCUT2D eigenvalue weighted by molar-refractivity contribution is 6.61. The Hall–Kier alpha value is -0.0831. The first-order valence-electron chi connectivity index (χ1n) is 5.79. The number of hydrogen-bond donors (Lipinski definition) is 0. The average molecular weight is 197 g/mol. The minimum atomic E-state index is -0.651. The summed E-state index contributed by atoms with van der Waals surface area (Å²) in [7, 11) is -0.651. The Labute approximate surface area is 84.5 Å². The van der Waals surface area contributed by atoms with Crippen LogP contribution in [0, 0.1) is 0 Å². The number of hydrogen-bond acceptors (Lipinski definition) is 1. The quantitative estimate of drug-likeness (QED) is 0.613. The monoisotopic (exact) mass is 197 g/mol. The zero-order chi connectivity index (χ0) is 9.52. The average Bonchev–Trinajstić information content (AvgIpc) is 2.65. The van der Waals surface area contributed by atoms with Crippen LogP contribution in [-0.2, 0) is 0 Å². The van der Waals surface area contributed by atoms with Gasteiger partial charge in [-0.2, -0.15) is 0 Å². The largest absolute Gasteiger partial charge is 0.323 e. The molecule has 0 N–H and O–H groups in total. The second-order valence-electron chi connectivity index (χ2n) is 3.94. The van der Waals surface area contributed by atoms with E-state index < -0.39 is 8.96 Å². The maximum absolute atomic E-state index is 2.77. The first-order chi connectivity index (χ1) is 6.38. The van der Waals surface area contributed by atoms with Gasteiger partial charge in [-0.1, -0.05) is 32.0 Å². The second-order valence-corrected chi connectivity index (χ2v) is 6.76. The molecular formula is C11H23NSi. The van der Waals surface area contributed by atoms with Crippen LogP contribution in [0.4, 0.5) is 0 Å². The topological polar surface area (TPSA) is 3.24 Å². The molecule has 1 nitrogen and oxygen atoms in total. The SMILES string of the molecule is CCC=C[SiH](CCC)N1CCCC1. The number of allylic oxidation sites excluding steroid dienone is 1. The van der Waals surface area contributed by atoms with E-state index in [-0.39, 0.29) is 0 Å². The lowest BCUT2D eigenvalue weighted by atomic mass is 10.4. The van der Waals surface area contributed by atoms with Crippen LogP contribution in [0.25, 0.3) is 0 Å². The smallest absolute Gasteiger partial charge is 0.136 e. The van der Waals surface area contributed by atoms with Crippen LogP contribution in [-0.4, -0.2) is 26.6 Å². The molecule has 1 rings (SSSR count). The van der Waals surface area contributed by atoms with Crippen molar-refractivity contribution in [2.75, 3.05) is 13.1 Å². The van der Waals surface area contributed by atoms with Gasteiger partial charge in [0, 0.05) is 0 Å². The van der Waals surface area contributed by atoms with E-state index in [4.69, 9.17) is 0 Å². The number of nitrogens with zero attached hydrogens (tertiary/aromatic N) is 1. The van der Waals surface area contributed by atoms with Crippen LogP contribution in [0.1, 0.15) is 39.5 Å². The van der Waals surface area contributed by atoms with Gasteiger partial charge in [0.05, 0.1) is 0 Å². The summed E-state index contributed by atoms with van der Waals surface area (Å²) in [6, 6.07) is 1.47. The minimum absolute atomic E-state index is 0.651. The van der Waals surface area contributed by atoms with E-state index in [1.165, 1.54) is 44.8 Å². The fourth-order valence-corrected chi connectivity index (χ4v) is 5.07. The molecule has 0 radical (unpaired) electrons. The molecule has 76 valence electrons. The van der Waals surface area contributed by atoms with Gasteiger partial charge >= 0.3 is 0 Å². The first-order valence-corrected chi connectivity index (χ1v) is 7.79. The highest BCUT2D eigenvalue weighted by atomic mass is 28.3. The maximum atomic E-state index is 2.77. The van der Waals surface area contributed by atoms with Gasteiger partial charge in [0.2, 0.25) is 0 Å². The van der Waals surface area contributed by atoms with Gasteiger partial charge in [0.15, 0.2) is 0 Å². The highest BCUT2D eigenvalue weighted by Gasteiger charge is 2.19. The van der Waals surface area contributed by atoms with Crippen LogP contribution in [0.3, 0.4) is 0 Å². The van der Waals surface area contributed by atoms with E-state index >= 15 is 0 Å². The lowest BCUT2D eigenvalue weighted by molar-refractivity contribution is 0.537. The molecule has 0 aromatic carbocycles. The predicted molar refractivity (Wildman–Crippen MR) is 62.5 cm³/mol. The molecule has 1 atom stereocenters. The van der Waals surface area contributed by atoms with Crippen molar-refractivity contribution < 1.29 is 0 Å². The molecule has 1 unspecified atom stereocenters. The Morgan fingerprint density at radius 3 is 2.46 bits per heavy atom. The minimum Gasteiger partial charge on any atom is -0.323 e. The molecule has 1 saturated heterocycles. The third-order valence-corrected chi connectivity index (χ3v) is 6.13. The van der Waals surface area contributed by atoms with Gasteiger partial charge in [-0.05, 0) is 38.4 Å². The Kier molecular flexibility index (Phi) is 5.40. The lowest BCUT2D eigenvalue weighted by Gasteiger charge is -2.22. The summed E-state index contributed by atoms with van der Waals surface area (Å²) in [4.78, 5) is 0. The Morgan fingerprint density at radius 2 is 1.92 bits per heavy atom. The Balaban J connectivity index is 2.39. The van der Waals surface area contributed by atoms with E-state index in [1.807, 2.05) is 0 Å². The highest BCUT2D eigenvalue weighted by Crippen LogP contribution is 2.14. The molecule has 1 fully saturated rings. The zero-order valence-electron chi connectivity index (χ0n) is 9.13. The number of rotatable bonds is 5. The van der Waals surface area contributed by atoms with Gasteiger partial charge < -0.3 is 4.57 Å². The van der Waals surface area contributed by atoms with Crippen LogP contribution in [0.2, 0.25) is 6.04 Å². The normalized spacial score (nSPS) is 21.4. The molecule has 1 heterocycles. The summed E-state index contributed by atoms with van der Waals surface area (Å²) < 4.78 is 2.77. The fraction of sp³-hybridized carbons (Fsp3) is 0.818. The van der Waals surface area contributed by atoms with E-state index in [0.29, 0.717) is 0 Å². The molecule has 13 heavy (non-hydrogen) atoms. The third kappa shape index (κ3) is 3.65. The van der Waals surface area contributed by atoms with Crippen molar-refractivity contribution >= 4 is 8.96 Å². The summed E-state index contributed by atoms with van der Waals surface area (Å²) in [5.74, 6) is 0. The van der Waals surface area contributed by atoms with Crippen molar-refractivity contribution in [1.82, 2.24) is 4.57 Å². The molecule has 0 aromatic rings. The standard InChI is InChI=1S/C11H23NSi/c1-3-5-11-13(10-4-2)12-8-6-7-9-12/h5,11,13H,3-4,6-10H2,1-2H3. The van der Waals surface area contributed by atoms with E-state index in [0.717, 1.165) is 0 Å². The summed E-state index contributed by atoms with van der Waals surface area (Å²) in [6.45, 7) is 7.31. The molecule has 1 aliphatic heterocycles. The van der Waals surface area contributed by atoms with Crippen LogP contribution >= 0.6 is 0 Å². The van der Waals surface area contributed by atoms with Crippen LogP contribution in [0.15, 0.2) is 11.8 Å². The first kappa shape index (κ1) is 11.0. The van der Waals surface area contributed by atoms with Crippen LogP contribution < -0.4 is 0 Å². The second kappa shape index (κ2) is 6.38. The molecule has 1 aliphatic rings. The van der Waals surface area contributed by atoms with Crippen LogP contribution in [0.5, 0.6) is 0 Å². The zero-order valence-corrected chi connectivity index (χ0v) is 10.3. The Morgan fingerprint density at radius 1 is 1.23 bits per heavy atom. The summed E-state index contributed by atoms with van der Waals surface area (Å²) in [6.07, 6.45) is 7.83. The van der Waals surface area contributed by atoms with E-state index in [9.17, 15) is 0 Å². The molecule has 0 aromatic heterocycles. The van der Waals surface area contributed by atoms with Gasteiger partial charge in [-0.3, -0.25) is 0 Å². The third-order valence-electron chi connectivity index (χ3n) is 2.79. The fourth-order valence-electron chi connectivity index (χ4n) is 2.06. The summed E-state index contributed by atoms with van der Waals surface area (Å²) in [5, 5.41) is 0. The lowest BCUT2D eigenvalue weighted by Crippen LogP contribution is -2.35. The van der Waals surface area contributed by atoms with Crippen molar-refractivity contribution in [3.8, 4) is 0 Å². The van der Waals surface area contributed by atoms with E-state index in [2.05, 4.69) is 30.2 Å². The van der Waals surface area contributed by atoms with Crippen molar-refractivity contribution in [3.63, 3.8) is 0 Å². The summed E-state index contributed by atoms with van der Waals surface area (Å²) >= 11 is 0. The van der Waals surface area contributed by atoms with Gasteiger partial charge in [-0.15, -0.1) is 0 Å². The Bertz CT molecular complexity index is 150. The van der Waals surface area contributed by atoms with Gasteiger partial charge in [0.25, 0.3) is 0 Å². The predicted octanol–water partition coefficient (Wildman–Crippen LogP) is 2.72. The molecule has 0 amide bonds. The van der Waals surface area contributed by atoms with Crippen molar-refractivity contribution in [1.29, 1.82) is 0 Å². The van der Waals surface area contributed by atoms with Crippen molar-refractivity contribution in [2.45, 2.75) is 45.6 Å². The van der Waals surface area contributed by atoms with Gasteiger partial charge in [0.1, 0.15) is 8.96 Å². The maximum Gasteiger partial charge on any atom is 0.136 e. The van der Waals surface area contributed by atoms with Gasteiger partial charge in [-0.25, -0.2) is 0 Å². The molecule has 0 spiro atoms.